The summed E-state index contributed by atoms with van der Waals surface area (Å²) in [5.41, 5.74) is 2.42. The highest BCUT2D eigenvalue weighted by Gasteiger charge is 2.21. The number of benzene rings is 2. The van der Waals surface area contributed by atoms with E-state index in [-0.39, 0.29) is 5.91 Å². The fourth-order valence-electron chi connectivity index (χ4n) is 2.65. The van der Waals surface area contributed by atoms with E-state index in [1.807, 2.05) is 73.1 Å². The van der Waals surface area contributed by atoms with Gasteiger partial charge in [-0.05, 0) is 32.0 Å². The van der Waals surface area contributed by atoms with Gasteiger partial charge in [-0.1, -0.05) is 36.4 Å². The molecule has 112 valence electrons. The van der Waals surface area contributed by atoms with Crippen LogP contribution in [0.3, 0.4) is 0 Å². The lowest BCUT2D eigenvalue weighted by Crippen LogP contribution is -2.31. The Hall–Kier alpha value is -2.62. The summed E-state index contributed by atoms with van der Waals surface area (Å²) in [4.78, 5) is 14.5. The van der Waals surface area contributed by atoms with E-state index in [1.165, 1.54) is 0 Å². The molecule has 0 atom stereocenters. The van der Waals surface area contributed by atoms with Gasteiger partial charge in [-0.15, -0.1) is 0 Å². The van der Waals surface area contributed by atoms with E-state index in [2.05, 4.69) is 5.10 Å². The summed E-state index contributed by atoms with van der Waals surface area (Å²) >= 11 is 0. The van der Waals surface area contributed by atoms with Crippen molar-refractivity contribution in [1.82, 2.24) is 14.7 Å². The standard InChI is InChI=1S/C18H19N3O/c1-3-20(4-2)18(22)17-15-12-8-9-13-16(15)21(19-17)14-10-6-5-7-11-14/h5-13H,3-4H2,1-2H3. The zero-order chi connectivity index (χ0) is 15.5. The molecule has 1 amide bonds. The maximum atomic E-state index is 12.7. The van der Waals surface area contributed by atoms with Crippen LogP contribution in [-0.2, 0) is 0 Å². The van der Waals surface area contributed by atoms with Crippen molar-refractivity contribution >= 4 is 16.8 Å². The number of amides is 1. The molecule has 22 heavy (non-hydrogen) atoms. The van der Waals surface area contributed by atoms with Crippen molar-refractivity contribution in [2.45, 2.75) is 13.8 Å². The molecule has 0 saturated carbocycles. The lowest BCUT2D eigenvalue weighted by Gasteiger charge is -2.17. The monoisotopic (exact) mass is 293 g/mol. The summed E-state index contributed by atoms with van der Waals surface area (Å²) in [6.45, 7) is 5.33. The van der Waals surface area contributed by atoms with Crippen molar-refractivity contribution in [2.75, 3.05) is 13.1 Å². The van der Waals surface area contributed by atoms with Gasteiger partial charge in [0.2, 0.25) is 0 Å². The third-order valence-corrected chi connectivity index (χ3v) is 3.84. The Balaban J connectivity index is 2.19. The zero-order valence-electron chi connectivity index (χ0n) is 12.9. The summed E-state index contributed by atoms with van der Waals surface area (Å²) in [5.74, 6) is -0.0177. The fraction of sp³-hybridized carbons (Fsp3) is 0.222. The van der Waals surface area contributed by atoms with E-state index in [9.17, 15) is 4.79 Å². The molecule has 1 aromatic heterocycles. The molecular formula is C18H19N3O. The number of carbonyl (C=O) groups is 1. The van der Waals surface area contributed by atoms with E-state index in [4.69, 9.17) is 0 Å². The summed E-state index contributed by atoms with van der Waals surface area (Å²) in [6, 6.07) is 17.8. The number of aromatic nitrogens is 2. The zero-order valence-corrected chi connectivity index (χ0v) is 12.9. The van der Waals surface area contributed by atoms with Gasteiger partial charge in [0.1, 0.15) is 0 Å². The van der Waals surface area contributed by atoms with Crippen molar-refractivity contribution in [2.24, 2.45) is 0 Å². The second-order valence-corrected chi connectivity index (χ2v) is 5.09. The first-order valence-corrected chi connectivity index (χ1v) is 7.58. The Bertz CT molecular complexity index is 788. The van der Waals surface area contributed by atoms with Crippen LogP contribution in [0, 0.1) is 0 Å². The van der Waals surface area contributed by atoms with Crippen LogP contribution in [0.2, 0.25) is 0 Å². The molecule has 3 aromatic rings. The number of nitrogens with zero attached hydrogens (tertiary/aromatic N) is 3. The number of rotatable bonds is 4. The first-order chi connectivity index (χ1) is 10.8. The SMILES string of the molecule is CCN(CC)C(=O)c1nn(-c2ccccc2)c2ccccc12. The van der Waals surface area contributed by atoms with Gasteiger partial charge in [0, 0.05) is 18.5 Å². The van der Waals surface area contributed by atoms with Crippen LogP contribution < -0.4 is 0 Å². The van der Waals surface area contributed by atoms with E-state index >= 15 is 0 Å². The largest absolute Gasteiger partial charge is 0.338 e. The average Bonchev–Trinajstić information content (AvgIpc) is 2.96. The number of fused-ring (bicyclic) bond motifs is 1. The highest BCUT2D eigenvalue weighted by atomic mass is 16.2. The predicted octanol–water partition coefficient (Wildman–Crippen LogP) is 3.51. The van der Waals surface area contributed by atoms with Crippen molar-refractivity contribution in [3.8, 4) is 5.69 Å². The quantitative estimate of drug-likeness (QED) is 0.738. The third kappa shape index (κ3) is 2.37. The minimum absolute atomic E-state index is 0.0177. The smallest absolute Gasteiger partial charge is 0.274 e. The van der Waals surface area contributed by atoms with E-state index < -0.39 is 0 Å². The van der Waals surface area contributed by atoms with Gasteiger partial charge >= 0.3 is 0 Å². The summed E-state index contributed by atoms with van der Waals surface area (Å²) in [7, 11) is 0. The third-order valence-electron chi connectivity index (χ3n) is 3.84. The Kier molecular flexibility index (Phi) is 3.92. The topological polar surface area (TPSA) is 38.1 Å². The molecule has 0 unspecified atom stereocenters. The number of hydrogen-bond donors (Lipinski definition) is 0. The number of para-hydroxylation sites is 2. The van der Waals surface area contributed by atoms with Gasteiger partial charge in [0.15, 0.2) is 5.69 Å². The van der Waals surface area contributed by atoms with Crippen LogP contribution in [-0.4, -0.2) is 33.7 Å². The maximum Gasteiger partial charge on any atom is 0.274 e. The maximum absolute atomic E-state index is 12.7. The van der Waals surface area contributed by atoms with Crippen LogP contribution in [0.4, 0.5) is 0 Å². The summed E-state index contributed by atoms with van der Waals surface area (Å²) < 4.78 is 1.84. The summed E-state index contributed by atoms with van der Waals surface area (Å²) in [5, 5.41) is 5.49. The van der Waals surface area contributed by atoms with E-state index in [1.54, 1.807) is 4.90 Å². The molecule has 0 bridgehead atoms. The first kappa shape index (κ1) is 14.3. The van der Waals surface area contributed by atoms with Crippen LogP contribution >= 0.6 is 0 Å². The molecule has 0 saturated heterocycles. The van der Waals surface area contributed by atoms with E-state index in [0.29, 0.717) is 18.8 Å². The summed E-state index contributed by atoms with van der Waals surface area (Å²) in [6.07, 6.45) is 0. The number of hydrogen-bond acceptors (Lipinski definition) is 2. The molecular weight excluding hydrogens is 274 g/mol. The first-order valence-electron chi connectivity index (χ1n) is 7.58. The fourth-order valence-corrected chi connectivity index (χ4v) is 2.65. The average molecular weight is 293 g/mol. The van der Waals surface area contributed by atoms with Crippen molar-refractivity contribution in [3.05, 3.63) is 60.3 Å². The predicted molar refractivity (Wildman–Crippen MR) is 88.3 cm³/mol. The van der Waals surface area contributed by atoms with Crippen LogP contribution in [0.25, 0.3) is 16.6 Å². The van der Waals surface area contributed by atoms with Gasteiger partial charge in [0.25, 0.3) is 5.91 Å². The van der Waals surface area contributed by atoms with Crippen LogP contribution in [0.15, 0.2) is 54.6 Å². The van der Waals surface area contributed by atoms with E-state index in [0.717, 1.165) is 16.6 Å². The minimum Gasteiger partial charge on any atom is -0.338 e. The van der Waals surface area contributed by atoms with Gasteiger partial charge in [0.05, 0.1) is 11.2 Å². The molecule has 3 rings (SSSR count). The van der Waals surface area contributed by atoms with Crippen molar-refractivity contribution < 1.29 is 4.79 Å². The van der Waals surface area contributed by atoms with Gasteiger partial charge in [-0.2, -0.15) is 5.10 Å². The van der Waals surface area contributed by atoms with Crippen molar-refractivity contribution in [1.29, 1.82) is 0 Å². The Morgan fingerprint density at radius 1 is 1.00 bits per heavy atom. The molecule has 4 heteroatoms. The highest BCUT2D eigenvalue weighted by Crippen LogP contribution is 2.23. The molecule has 0 radical (unpaired) electrons. The molecule has 1 heterocycles. The number of carbonyl (C=O) groups excluding carboxylic acids is 1. The molecule has 0 aliphatic carbocycles. The lowest BCUT2D eigenvalue weighted by molar-refractivity contribution is 0.0768. The van der Waals surface area contributed by atoms with Gasteiger partial charge in [-0.25, -0.2) is 4.68 Å². The molecule has 0 fully saturated rings. The highest BCUT2D eigenvalue weighted by molar-refractivity contribution is 6.05. The molecule has 0 aliphatic rings. The molecule has 0 spiro atoms. The normalized spacial score (nSPS) is 10.8. The van der Waals surface area contributed by atoms with Gasteiger partial charge < -0.3 is 4.90 Å². The van der Waals surface area contributed by atoms with Crippen molar-refractivity contribution in [3.63, 3.8) is 0 Å². The Morgan fingerprint density at radius 3 is 2.32 bits per heavy atom. The lowest BCUT2D eigenvalue weighted by atomic mass is 10.2. The molecule has 4 nitrogen and oxygen atoms in total. The Morgan fingerprint density at radius 2 is 1.64 bits per heavy atom. The Labute approximate surface area is 130 Å². The second kappa shape index (κ2) is 6.02. The minimum atomic E-state index is -0.0177. The molecule has 2 aromatic carbocycles. The second-order valence-electron chi connectivity index (χ2n) is 5.09. The molecule has 0 N–H and O–H groups in total. The van der Waals surface area contributed by atoms with Crippen LogP contribution in [0.1, 0.15) is 24.3 Å². The van der Waals surface area contributed by atoms with Crippen LogP contribution in [0.5, 0.6) is 0 Å². The van der Waals surface area contributed by atoms with Gasteiger partial charge in [-0.3, -0.25) is 4.79 Å². The molecule has 0 aliphatic heterocycles.